The summed E-state index contributed by atoms with van der Waals surface area (Å²) in [5.41, 5.74) is 9.94. The lowest BCUT2D eigenvalue weighted by molar-refractivity contribution is -0.394. The van der Waals surface area contributed by atoms with E-state index in [9.17, 15) is 49.1 Å². The molecule has 6 rings (SSSR count). The Morgan fingerprint density at radius 1 is 0.790 bits per heavy atom. The van der Waals surface area contributed by atoms with Crippen molar-refractivity contribution in [1.82, 2.24) is 25.4 Å². The van der Waals surface area contributed by atoms with E-state index in [2.05, 4.69) is 81.4 Å². The first-order chi connectivity index (χ1) is 38.0. The van der Waals surface area contributed by atoms with Crippen LogP contribution < -0.4 is 25.8 Å². The number of nitro benzene ring substituents is 2. The largest absolute Gasteiger partial charge is 0.480 e. The molecule has 7 N–H and O–H groups in total. The number of carboxylic acids is 1. The van der Waals surface area contributed by atoms with Crippen LogP contribution in [-0.4, -0.2) is 101 Å². The molecule has 23 heteroatoms. The molecule has 0 aliphatic rings. The van der Waals surface area contributed by atoms with Gasteiger partial charge in [0, 0.05) is 30.5 Å². The van der Waals surface area contributed by atoms with Crippen LogP contribution in [0.2, 0.25) is 0 Å². The minimum Gasteiger partial charge on any atom is -0.480 e. The highest BCUT2D eigenvalue weighted by Crippen LogP contribution is 2.41. The second-order valence-corrected chi connectivity index (χ2v) is 22.7. The number of nitrogens with one attached hydrogen (secondary N) is 2. The highest BCUT2D eigenvalue weighted by molar-refractivity contribution is 7.57. The van der Waals surface area contributed by atoms with Gasteiger partial charge >= 0.3 is 17.6 Å². The van der Waals surface area contributed by atoms with Crippen LogP contribution in [0.4, 0.5) is 11.4 Å². The van der Waals surface area contributed by atoms with Gasteiger partial charge in [0.1, 0.15) is 36.6 Å². The van der Waals surface area contributed by atoms with Crippen LogP contribution in [0.15, 0.2) is 152 Å². The lowest BCUT2D eigenvalue weighted by Crippen LogP contribution is -2.52. The van der Waals surface area contributed by atoms with Gasteiger partial charge in [-0.1, -0.05) is 143 Å². The van der Waals surface area contributed by atoms with Gasteiger partial charge in [-0.25, -0.2) is 14.5 Å². The number of carbonyl (C=O) groups is 4. The zero-order valence-electron chi connectivity index (χ0n) is 47.0. The molecule has 5 aromatic carbocycles. The Balaban J connectivity index is 0.000000291. The van der Waals surface area contributed by atoms with Crippen molar-refractivity contribution < 1.29 is 58.2 Å². The normalized spacial score (nSPS) is 13.7. The van der Waals surface area contributed by atoms with Gasteiger partial charge in [-0.3, -0.25) is 39.2 Å². The van der Waals surface area contributed by atoms with E-state index in [4.69, 9.17) is 25.2 Å². The molecule has 0 radical (unpaired) electrons. The third kappa shape index (κ3) is 23.1. The van der Waals surface area contributed by atoms with Gasteiger partial charge in [0.15, 0.2) is 7.37 Å². The van der Waals surface area contributed by atoms with Crippen LogP contribution >= 0.6 is 7.37 Å². The van der Waals surface area contributed by atoms with Gasteiger partial charge in [0.25, 0.3) is 5.69 Å². The third-order valence-corrected chi connectivity index (χ3v) is 13.0. The van der Waals surface area contributed by atoms with E-state index in [1.54, 1.807) is 31.8 Å². The summed E-state index contributed by atoms with van der Waals surface area (Å²) in [7, 11) is -3.25. The molecule has 2 amide bonds. The van der Waals surface area contributed by atoms with Crippen LogP contribution in [0.3, 0.4) is 0 Å². The predicted molar refractivity (Wildman–Crippen MR) is 308 cm³/mol. The number of carbonyl (C=O) groups excluding carboxylic acids is 3. The van der Waals surface area contributed by atoms with Crippen LogP contribution in [0, 0.1) is 25.6 Å². The van der Waals surface area contributed by atoms with Gasteiger partial charge in [-0.2, -0.15) is 5.10 Å². The zero-order valence-corrected chi connectivity index (χ0v) is 47.9. The maximum absolute atomic E-state index is 11.8. The maximum Gasteiger partial charge on any atom is 0.336 e. The van der Waals surface area contributed by atoms with E-state index in [1.807, 2.05) is 82.3 Å². The number of esters is 1. The zero-order chi connectivity index (χ0) is 60.6. The quantitative estimate of drug-likeness (QED) is 0.0103. The first-order valence-corrected chi connectivity index (χ1v) is 28.0. The van der Waals surface area contributed by atoms with Crippen LogP contribution in [-0.2, 0) is 23.7 Å². The number of aliphatic carboxylic acids is 1. The number of nitrogens with zero attached hydrogens (tertiary/aromatic N) is 5. The summed E-state index contributed by atoms with van der Waals surface area (Å²) in [4.78, 5) is 79.5. The molecule has 1 aromatic heterocycles. The van der Waals surface area contributed by atoms with Crippen molar-refractivity contribution in [3.05, 3.63) is 177 Å². The number of ether oxygens (including phenoxy) is 2. The molecule has 0 bridgehead atoms. The van der Waals surface area contributed by atoms with Gasteiger partial charge in [-0.05, 0) is 86.3 Å². The number of amides is 2. The summed E-state index contributed by atoms with van der Waals surface area (Å²) in [6.07, 6.45) is 3.28. The molecule has 0 saturated heterocycles. The second-order valence-electron chi connectivity index (χ2n) is 20.1. The molecule has 22 nitrogen and oxygen atoms in total. The van der Waals surface area contributed by atoms with E-state index in [0.29, 0.717) is 17.7 Å². The Morgan fingerprint density at radius 2 is 1.28 bits per heavy atom. The van der Waals surface area contributed by atoms with E-state index in [-0.39, 0.29) is 35.2 Å². The second kappa shape index (κ2) is 32.0. The summed E-state index contributed by atoms with van der Waals surface area (Å²) >= 11 is 0. The Morgan fingerprint density at radius 3 is 1.69 bits per heavy atom. The summed E-state index contributed by atoms with van der Waals surface area (Å²) in [6.45, 7) is 16.7. The number of aliphatic hydroxyl groups excluding tert-OH is 1. The van der Waals surface area contributed by atoms with Gasteiger partial charge in [0.05, 0.1) is 22.0 Å². The fourth-order valence-electron chi connectivity index (χ4n) is 7.02. The van der Waals surface area contributed by atoms with Crippen molar-refractivity contribution in [3.8, 4) is 33.8 Å². The monoisotopic (exact) mass is 1140 g/mol. The molecule has 1 heterocycles. The number of benzene rings is 5. The number of rotatable bonds is 20. The predicted octanol–water partition coefficient (Wildman–Crippen LogP) is 9.87. The van der Waals surface area contributed by atoms with Crippen molar-refractivity contribution in [3.63, 3.8) is 0 Å². The van der Waals surface area contributed by atoms with Crippen molar-refractivity contribution in [2.75, 3.05) is 12.8 Å². The van der Waals surface area contributed by atoms with E-state index >= 15 is 0 Å². The average Bonchev–Trinajstić information content (AvgIpc) is 4.00. The SMILES string of the molecule is CC(C)(C)C(O)C(Oc1ccc(-c2ccccc2)cc1)n1cncn1.CCC(C)c1cc([N+](=O)[O-])cc([N+](=O)[O-])c1OC(=O)C=C(C)C.C[C@H](NC(=O)[C@H](C)NC(=O)[C@@H](N)CCP(C)(=O)O)C(=O)O.c1ccc(-c2ccccc2)cc1. The molecular formula is C58H73N8O14P. The Labute approximate surface area is 471 Å². The summed E-state index contributed by atoms with van der Waals surface area (Å²) in [5.74, 6) is -3.07. The standard InChI is InChI=1S/C20H23N3O2.C15H18N2O6.C12H10.C11H22N3O6P/c1-20(2,3)18(24)19(23-14-21-13-22-23)25-17-11-9-16(10-12-17)15-7-5-4-6-8-15;1-5-10(4)12-7-11(16(19)20)8-13(17(21)22)15(12)23-14(18)6-9(2)3;1-3-7-11(8-4-1)12-9-5-2-6-10-12;1-6(9(15)14-7(2)11(17)18)13-10(16)8(12)4-5-21(3,19)20/h4-14,18-19,24H,1-3H3;6-8,10H,5H2,1-4H3;1-10H;6-8H,4-5,12H2,1-3H3,(H,13,16)(H,14,15)(H,17,18)(H,19,20)/t;;;6-,7-,8-/m...0/s1. The summed E-state index contributed by atoms with van der Waals surface area (Å²) in [6, 6.07) is 37.7. The van der Waals surface area contributed by atoms with Crippen molar-refractivity contribution in [2.45, 2.75) is 112 Å². The molecule has 434 valence electrons. The van der Waals surface area contributed by atoms with Crippen molar-refractivity contribution in [2.24, 2.45) is 11.1 Å². The Bertz CT molecular complexity index is 3020. The van der Waals surface area contributed by atoms with Gasteiger partial charge < -0.3 is 40.9 Å². The number of hydrogen-bond donors (Lipinski definition) is 6. The van der Waals surface area contributed by atoms with E-state index in [0.717, 1.165) is 17.2 Å². The van der Waals surface area contributed by atoms with Crippen molar-refractivity contribution in [1.29, 1.82) is 0 Å². The molecule has 0 aliphatic carbocycles. The molecule has 0 saturated carbocycles. The number of aliphatic hydroxyl groups is 1. The van der Waals surface area contributed by atoms with Crippen molar-refractivity contribution >= 4 is 42.5 Å². The Kier molecular flexibility index (Phi) is 26.4. The fourth-order valence-corrected chi connectivity index (χ4v) is 7.77. The first-order valence-electron chi connectivity index (χ1n) is 25.7. The number of hydrogen-bond acceptors (Lipinski definition) is 15. The smallest absolute Gasteiger partial charge is 0.336 e. The fraction of sp³-hybridized carbons (Fsp3) is 0.345. The lowest BCUT2D eigenvalue weighted by Gasteiger charge is -2.32. The minimum absolute atomic E-state index is 0.00990. The number of nitro groups is 2. The molecule has 0 spiro atoms. The molecule has 0 aliphatic heterocycles. The number of allylic oxidation sites excluding steroid dienone is 1. The number of nitrogens with two attached hydrogens (primary N) is 1. The van der Waals surface area contributed by atoms with E-state index < -0.39 is 82.8 Å². The van der Waals surface area contributed by atoms with Crippen LogP contribution in [0.25, 0.3) is 22.3 Å². The maximum atomic E-state index is 11.8. The average molecular weight is 1140 g/mol. The van der Waals surface area contributed by atoms with Crippen LogP contribution in [0.5, 0.6) is 11.5 Å². The highest BCUT2D eigenvalue weighted by Gasteiger charge is 2.34. The number of aromatic nitrogens is 3. The molecule has 7 atom stereocenters. The van der Waals surface area contributed by atoms with E-state index in [1.165, 1.54) is 50.1 Å². The summed E-state index contributed by atoms with van der Waals surface area (Å²) in [5, 5.41) is 50.2. The molecular weight excluding hydrogens is 1060 g/mol. The molecule has 0 fully saturated rings. The van der Waals surface area contributed by atoms with Gasteiger partial charge in [0.2, 0.25) is 23.8 Å². The first kappa shape index (κ1) is 66.8. The molecule has 4 unspecified atom stereocenters. The number of carboxylic acid groups (broad SMARTS) is 1. The topological polar surface area (TPSA) is 332 Å². The summed E-state index contributed by atoms with van der Waals surface area (Å²) < 4.78 is 23.8. The van der Waals surface area contributed by atoms with Crippen LogP contribution in [0.1, 0.15) is 92.9 Å². The Hall–Kier alpha value is -8.43. The number of non-ortho nitro benzene ring substituents is 1. The third-order valence-electron chi connectivity index (χ3n) is 11.9. The minimum atomic E-state index is -3.25. The molecule has 81 heavy (non-hydrogen) atoms. The lowest BCUT2D eigenvalue weighted by atomic mass is 9.88. The highest BCUT2D eigenvalue weighted by atomic mass is 31.2. The van der Waals surface area contributed by atoms with Gasteiger partial charge in [-0.15, -0.1) is 0 Å². The molecule has 6 aromatic rings.